The molecule has 0 bridgehead atoms. The number of rotatable bonds is 7. The van der Waals surface area contributed by atoms with Crippen LogP contribution in [0.2, 0.25) is 0 Å². The van der Waals surface area contributed by atoms with Crippen molar-refractivity contribution in [2.75, 3.05) is 17.2 Å². The summed E-state index contributed by atoms with van der Waals surface area (Å²) in [5, 5.41) is 14.1. The van der Waals surface area contributed by atoms with Gasteiger partial charge in [0.25, 0.3) is 0 Å². The first kappa shape index (κ1) is 19.9. The van der Waals surface area contributed by atoms with Crippen molar-refractivity contribution < 1.29 is 13.9 Å². The van der Waals surface area contributed by atoms with Crippen molar-refractivity contribution in [3.05, 3.63) is 77.5 Å². The number of aromatic nitrogens is 4. The van der Waals surface area contributed by atoms with E-state index in [0.29, 0.717) is 48.7 Å². The van der Waals surface area contributed by atoms with E-state index in [4.69, 9.17) is 4.74 Å². The lowest BCUT2D eigenvalue weighted by molar-refractivity contribution is -0.116. The third-order valence-electron chi connectivity index (χ3n) is 5.45. The number of hydrogen-bond donors (Lipinski definition) is 2. The number of nitrogens with zero attached hydrogens (tertiary/aromatic N) is 4. The number of benzene rings is 2. The van der Waals surface area contributed by atoms with Crippen LogP contribution in [0.3, 0.4) is 0 Å². The van der Waals surface area contributed by atoms with E-state index in [1.54, 1.807) is 10.5 Å². The average molecular weight is 432 g/mol. The topological polar surface area (TPSA) is 93.4 Å². The van der Waals surface area contributed by atoms with Crippen LogP contribution in [0.25, 0.3) is 5.65 Å². The van der Waals surface area contributed by atoms with Crippen molar-refractivity contribution in [1.29, 1.82) is 0 Å². The van der Waals surface area contributed by atoms with Gasteiger partial charge in [-0.25, -0.2) is 13.8 Å². The summed E-state index contributed by atoms with van der Waals surface area (Å²) < 4.78 is 21.6. The molecular formula is C23H21FN6O2. The lowest BCUT2D eigenvalue weighted by Gasteiger charge is -2.13. The molecule has 5 rings (SSSR count). The highest BCUT2D eigenvalue weighted by molar-refractivity contribution is 5.94. The fourth-order valence-electron chi connectivity index (χ4n) is 3.83. The second-order valence-electron chi connectivity index (χ2n) is 7.51. The Kier molecular flexibility index (Phi) is 5.37. The van der Waals surface area contributed by atoms with E-state index in [9.17, 15) is 9.18 Å². The number of fused-ring (bicyclic) bond motifs is 2. The smallest absolute Gasteiger partial charge is 0.224 e. The van der Waals surface area contributed by atoms with E-state index >= 15 is 0 Å². The molecule has 0 saturated heterocycles. The van der Waals surface area contributed by atoms with Crippen molar-refractivity contribution in [2.45, 2.75) is 25.8 Å². The molecule has 2 N–H and O–H groups in total. The molecule has 1 aliphatic heterocycles. The van der Waals surface area contributed by atoms with Gasteiger partial charge in [0.2, 0.25) is 11.9 Å². The number of ether oxygens (including phenoxy) is 1. The Balaban J connectivity index is 1.30. The highest BCUT2D eigenvalue weighted by atomic mass is 19.1. The van der Waals surface area contributed by atoms with Gasteiger partial charge in [0.05, 0.1) is 12.8 Å². The van der Waals surface area contributed by atoms with E-state index in [0.717, 1.165) is 16.9 Å². The predicted molar refractivity (Wildman–Crippen MR) is 117 cm³/mol. The third-order valence-corrected chi connectivity index (χ3v) is 5.45. The molecule has 0 aliphatic carbocycles. The number of amides is 1. The minimum absolute atomic E-state index is 0.136. The molecule has 3 heterocycles. The number of aryl methyl sites for hydroxylation is 1. The van der Waals surface area contributed by atoms with Gasteiger partial charge in [-0.2, -0.15) is 0 Å². The molecular weight excluding hydrogens is 411 g/mol. The van der Waals surface area contributed by atoms with Crippen LogP contribution in [0.15, 0.2) is 55.0 Å². The van der Waals surface area contributed by atoms with Crippen LogP contribution in [0.5, 0.6) is 5.75 Å². The SMILES string of the molecule is O=C(CCc1ccccc1)Nc1cnc(NCc2c(F)ccc3c2CCO3)n2cnnc12. The lowest BCUT2D eigenvalue weighted by Crippen LogP contribution is -2.15. The summed E-state index contributed by atoms with van der Waals surface area (Å²) in [6.45, 7) is 0.791. The minimum atomic E-state index is -0.288. The molecule has 0 radical (unpaired) electrons. The molecule has 2 aromatic heterocycles. The molecule has 162 valence electrons. The molecule has 4 aromatic rings. The van der Waals surface area contributed by atoms with Gasteiger partial charge < -0.3 is 15.4 Å². The van der Waals surface area contributed by atoms with Crippen LogP contribution in [0, 0.1) is 5.82 Å². The van der Waals surface area contributed by atoms with Gasteiger partial charge >= 0.3 is 0 Å². The van der Waals surface area contributed by atoms with E-state index in [1.165, 1.54) is 18.6 Å². The highest BCUT2D eigenvalue weighted by Crippen LogP contribution is 2.30. The van der Waals surface area contributed by atoms with Gasteiger partial charge in [-0.05, 0) is 24.1 Å². The van der Waals surface area contributed by atoms with Crippen LogP contribution >= 0.6 is 0 Å². The molecule has 0 saturated carbocycles. The van der Waals surface area contributed by atoms with Gasteiger partial charge in [-0.1, -0.05) is 30.3 Å². The monoisotopic (exact) mass is 432 g/mol. The fourth-order valence-corrected chi connectivity index (χ4v) is 3.83. The predicted octanol–water partition coefficient (Wildman–Crippen LogP) is 3.38. The zero-order valence-electron chi connectivity index (χ0n) is 17.2. The van der Waals surface area contributed by atoms with Crippen LogP contribution in [0.4, 0.5) is 16.0 Å². The third kappa shape index (κ3) is 3.96. The van der Waals surface area contributed by atoms with E-state index in [2.05, 4.69) is 25.8 Å². The summed E-state index contributed by atoms with van der Waals surface area (Å²) >= 11 is 0. The Hall–Kier alpha value is -4.01. The molecule has 32 heavy (non-hydrogen) atoms. The molecule has 8 nitrogen and oxygen atoms in total. The van der Waals surface area contributed by atoms with Crippen LogP contribution in [0.1, 0.15) is 23.1 Å². The summed E-state index contributed by atoms with van der Waals surface area (Å²) in [7, 11) is 0. The number of hydrogen-bond acceptors (Lipinski definition) is 6. The Morgan fingerprint density at radius 3 is 2.94 bits per heavy atom. The zero-order valence-corrected chi connectivity index (χ0v) is 17.2. The van der Waals surface area contributed by atoms with Gasteiger partial charge in [-0.3, -0.25) is 4.79 Å². The van der Waals surface area contributed by atoms with Crippen molar-refractivity contribution >= 4 is 23.2 Å². The highest BCUT2D eigenvalue weighted by Gasteiger charge is 2.20. The maximum Gasteiger partial charge on any atom is 0.224 e. The van der Waals surface area contributed by atoms with Gasteiger partial charge in [0.15, 0.2) is 5.65 Å². The Bertz CT molecular complexity index is 1270. The standard InChI is InChI=1S/C23H21FN6O2/c24-18-7-8-20-16(10-11-32-20)17(18)12-25-23-26-13-19(22-29-27-14-30(22)23)28-21(31)9-6-15-4-2-1-3-5-15/h1-5,7-8,13-14H,6,9-12H2,(H,25,26)(H,28,31). The molecule has 0 spiro atoms. The summed E-state index contributed by atoms with van der Waals surface area (Å²) in [6.07, 6.45) is 4.68. The van der Waals surface area contributed by atoms with E-state index < -0.39 is 0 Å². The van der Waals surface area contributed by atoms with Crippen molar-refractivity contribution in [3.63, 3.8) is 0 Å². The number of anilines is 2. The van der Waals surface area contributed by atoms with E-state index in [1.807, 2.05) is 30.3 Å². The molecule has 0 fully saturated rings. The van der Waals surface area contributed by atoms with Crippen LogP contribution in [-0.2, 0) is 24.2 Å². The average Bonchev–Trinajstić information content (AvgIpc) is 3.49. The summed E-state index contributed by atoms with van der Waals surface area (Å²) in [5.41, 5.74) is 3.45. The van der Waals surface area contributed by atoms with Gasteiger partial charge in [0, 0.05) is 30.5 Å². The van der Waals surface area contributed by atoms with Crippen LogP contribution in [-0.4, -0.2) is 32.1 Å². The molecule has 0 unspecified atom stereocenters. The summed E-state index contributed by atoms with van der Waals surface area (Å²) in [5.74, 6) is 0.745. The van der Waals surface area contributed by atoms with Gasteiger partial charge in [-0.15, -0.1) is 10.2 Å². The number of halogens is 1. The first-order valence-electron chi connectivity index (χ1n) is 10.4. The second-order valence-corrected chi connectivity index (χ2v) is 7.51. The number of carbonyl (C=O) groups is 1. The molecule has 1 aliphatic rings. The Morgan fingerprint density at radius 1 is 1.19 bits per heavy atom. The number of nitrogens with one attached hydrogen (secondary N) is 2. The molecule has 9 heteroatoms. The molecule has 1 amide bonds. The second kappa shape index (κ2) is 8.62. The van der Waals surface area contributed by atoms with E-state index in [-0.39, 0.29) is 18.3 Å². The maximum atomic E-state index is 14.4. The summed E-state index contributed by atoms with van der Waals surface area (Å²) in [4.78, 5) is 16.8. The van der Waals surface area contributed by atoms with Crippen molar-refractivity contribution in [3.8, 4) is 5.75 Å². The quantitative estimate of drug-likeness (QED) is 0.465. The van der Waals surface area contributed by atoms with Crippen LogP contribution < -0.4 is 15.4 Å². The molecule has 2 aromatic carbocycles. The minimum Gasteiger partial charge on any atom is -0.493 e. The summed E-state index contributed by atoms with van der Waals surface area (Å²) in [6, 6.07) is 12.9. The first-order chi connectivity index (χ1) is 15.7. The van der Waals surface area contributed by atoms with Gasteiger partial charge in [0.1, 0.15) is 23.6 Å². The Morgan fingerprint density at radius 2 is 2.06 bits per heavy atom. The normalized spacial score (nSPS) is 12.4. The van der Waals surface area contributed by atoms with Crippen molar-refractivity contribution in [2.24, 2.45) is 0 Å². The van der Waals surface area contributed by atoms with Crippen molar-refractivity contribution in [1.82, 2.24) is 19.6 Å². The lowest BCUT2D eigenvalue weighted by atomic mass is 10.0. The maximum absolute atomic E-state index is 14.4. The zero-order chi connectivity index (χ0) is 21.9. The fraction of sp³-hybridized carbons (Fsp3) is 0.217. The number of carbonyl (C=O) groups excluding carboxylic acids is 1. The largest absolute Gasteiger partial charge is 0.493 e. The Labute approximate surface area is 183 Å². The molecule has 0 atom stereocenters. The first-order valence-corrected chi connectivity index (χ1v) is 10.4.